The predicted molar refractivity (Wildman–Crippen MR) is 100 cm³/mol. The molecule has 0 bridgehead atoms. The van der Waals surface area contributed by atoms with Gasteiger partial charge in [0.05, 0.1) is 31.6 Å². The summed E-state index contributed by atoms with van der Waals surface area (Å²) in [4.78, 5) is 24.1. The van der Waals surface area contributed by atoms with E-state index in [0.29, 0.717) is 16.4 Å². The SMILES string of the molecule is COc1ccc(OC)c([C@H](C)NC(=O)CSc2ccccc2C(=O)O)c1. The van der Waals surface area contributed by atoms with Crippen LogP contribution in [0.15, 0.2) is 47.4 Å². The molecule has 26 heavy (non-hydrogen) atoms. The lowest BCUT2D eigenvalue weighted by Crippen LogP contribution is -2.28. The van der Waals surface area contributed by atoms with Crippen molar-refractivity contribution in [1.82, 2.24) is 5.32 Å². The standard InChI is InChI=1S/C19H21NO5S/c1-12(15-10-13(24-2)8-9-16(15)25-3)20-18(21)11-26-17-7-5-4-6-14(17)19(22)23/h4-10,12H,11H2,1-3H3,(H,20,21)(H,22,23)/t12-/m0/s1. The summed E-state index contributed by atoms with van der Waals surface area (Å²) in [5, 5.41) is 12.1. The van der Waals surface area contributed by atoms with Crippen LogP contribution in [0.25, 0.3) is 0 Å². The van der Waals surface area contributed by atoms with Crippen LogP contribution in [0.4, 0.5) is 0 Å². The maximum atomic E-state index is 12.3. The van der Waals surface area contributed by atoms with Gasteiger partial charge in [-0.25, -0.2) is 4.79 Å². The van der Waals surface area contributed by atoms with Crippen molar-refractivity contribution in [3.05, 3.63) is 53.6 Å². The fraction of sp³-hybridized carbons (Fsp3) is 0.263. The fourth-order valence-electron chi connectivity index (χ4n) is 2.45. The molecule has 6 nitrogen and oxygen atoms in total. The fourth-order valence-corrected chi connectivity index (χ4v) is 3.31. The number of amides is 1. The van der Waals surface area contributed by atoms with Crippen LogP contribution in [0.5, 0.6) is 11.5 Å². The molecule has 2 rings (SSSR count). The monoisotopic (exact) mass is 375 g/mol. The Morgan fingerprint density at radius 3 is 2.54 bits per heavy atom. The highest BCUT2D eigenvalue weighted by molar-refractivity contribution is 8.00. The number of carboxylic acids is 1. The summed E-state index contributed by atoms with van der Waals surface area (Å²) in [6.45, 7) is 1.85. The summed E-state index contributed by atoms with van der Waals surface area (Å²) < 4.78 is 10.6. The van der Waals surface area contributed by atoms with Crippen molar-refractivity contribution < 1.29 is 24.2 Å². The minimum Gasteiger partial charge on any atom is -0.497 e. The van der Waals surface area contributed by atoms with E-state index in [1.165, 1.54) is 17.8 Å². The van der Waals surface area contributed by atoms with Gasteiger partial charge >= 0.3 is 5.97 Å². The Bertz CT molecular complexity index is 793. The zero-order valence-corrected chi connectivity index (χ0v) is 15.6. The van der Waals surface area contributed by atoms with Gasteiger partial charge in [-0.2, -0.15) is 0 Å². The van der Waals surface area contributed by atoms with Crippen LogP contribution in [0.3, 0.4) is 0 Å². The molecular weight excluding hydrogens is 354 g/mol. The molecule has 0 aliphatic heterocycles. The second-order valence-corrected chi connectivity index (χ2v) is 6.50. The number of methoxy groups -OCH3 is 2. The highest BCUT2D eigenvalue weighted by Crippen LogP contribution is 2.29. The molecule has 138 valence electrons. The van der Waals surface area contributed by atoms with Crippen LogP contribution in [0, 0.1) is 0 Å². The number of hydrogen-bond donors (Lipinski definition) is 2. The molecule has 2 aromatic carbocycles. The van der Waals surface area contributed by atoms with Gasteiger partial charge in [0, 0.05) is 10.5 Å². The quantitative estimate of drug-likeness (QED) is 0.688. The predicted octanol–water partition coefficient (Wildman–Crippen LogP) is 3.37. The van der Waals surface area contributed by atoms with E-state index in [9.17, 15) is 14.7 Å². The highest BCUT2D eigenvalue weighted by atomic mass is 32.2. The smallest absolute Gasteiger partial charge is 0.336 e. The molecule has 0 saturated heterocycles. The molecule has 7 heteroatoms. The molecule has 0 aliphatic rings. The second-order valence-electron chi connectivity index (χ2n) is 5.49. The van der Waals surface area contributed by atoms with Gasteiger partial charge in [-0.1, -0.05) is 12.1 Å². The zero-order chi connectivity index (χ0) is 19.1. The minimum atomic E-state index is -1.01. The van der Waals surface area contributed by atoms with Crippen LogP contribution < -0.4 is 14.8 Å². The third-order valence-corrected chi connectivity index (χ3v) is 4.83. The lowest BCUT2D eigenvalue weighted by molar-refractivity contribution is -0.119. The first kappa shape index (κ1) is 19.7. The summed E-state index contributed by atoms with van der Waals surface area (Å²) >= 11 is 1.19. The van der Waals surface area contributed by atoms with Crippen LogP contribution >= 0.6 is 11.8 Å². The van der Waals surface area contributed by atoms with Crippen LogP contribution in [-0.4, -0.2) is 37.0 Å². The van der Waals surface area contributed by atoms with Crippen molar-refractivity contribution >= 4 is 23.6 Å². The molecule has 0 aromatic heterocycles. The number of nitrogens with one attached hydrogen (secondary N) is 1. The first-order chi connectivity index (χ1) is 12.5. The maximum Gasteiger partial charge on any atom is 0.336 e. The molecule has 0 heterocycles. The summed E-state index contributed by atoms with van der Waals surface area (Å²) in [5.74, 6) is 0.227. The maximum absolute atomic E-state index is 12.3. The largest absolute Gasteiger partial charge is 0.497 e. The molecule has 2 aromatic rings. The Hall–Kier alpha value is -2.67. The minimum absolute atomic E-state index is 0.112. The Morgan fingerprint density at radius 1 is 1.15 bits per heavy atom. The third kappa shape index (κ3) is 4.92. The second kappa shape index (κ2) is 9.15. The van der Waals surface area contributed by atoms with Gasteiger partial charge in [0.15, 0.2) is 0 Å². The van der Waals surface area contributed by atoms with Crippen LogP contribution in [0.1, 0.15) is 28.9 Å². The van der Waals surface area contributed by atoms with E-state index in [2.05, 4.69) is 5.32 Å². The van der Waals surface area contributed by atoms with E-state index in [1.54, 1.807) is 44.6 Å². The van der Waals surface area contributed by atoms with Gasteiger partial charge in [0.25, 0.3) is 0 Å². The van der Waals surface area contributed by atoms with Crippen LogP contribution in [-0.2, 0) is 4.79 Å². The number of carbonyl (C=O) groups excluding carboxylic acids is 1. The van der Waals surface area contributed by atoms with Gasteiger partial charge in [-0.3, -0.25) is 4.79 Å². The summed E-state index contributed by atoms with van der Waals surface area (Å²) in [7, 11) is 3.14. The van der Waals surface area contributed by atoms with Crippen molar-refractivity contribution in [3.63, 3.8) is 0 Å². The zero-order valence-electron chi connectivity index (χ0n) is 14.8. The van der Waals surface area contributed by atoms with E-state index >= 15 is 0 Å². The van der Waals surface area contributed by atoms with Gasteiger partial charge in [0.2, 0.25) is 5.91 Å². The van der Waals surface area contributed by atoms with E-state index in [0.717, 1.165) is 5.56 Å². The lowest BCUT2D eigenvalue weighted by Gasteiger charge is -2.18. The van der Waals surface area contributed by atoms with Gasteiger partial charge in [-0.15, -0.1) is 11.8 Å². The number of aromatic carboxylic acids is 1. The highest BCUT2D eigenvalue weighted by Gasteiger charge is 2.16. The molecule has 0 radical (unpaired) electrons. The van der Waals surface area contributed by atoms with Crippen molar-refractivity contribution in [2.24, 2.45) is 0 Å². The molecule has 0 aliphatic carbocycles. The van der Waals surface area contributed by atoms with Gasteiger partial charge in [0.1, 0.15) is 11.5 Å². The first-order valence-corrected chi connectivity index (χ1v) is 8.91. The average molecular weight is 375 g/mol. The topological polar surface area (TPSA) is 84.9 Å². The van der Waals surface area contributed by atoms with Crippen molar-refractivity contribution in [2.45, 2.75) is 17.9 Å². The molecular formula is C19H21NO5S. The number of benzene rings is 2. The number of thioether (sulfide) groups is 1. The third-order valence-electron chi connectivity index (χ3n) is 3.76. The Balaban J connectivity index is 2.03. The Kier molecular flexibility index (Phi) is 6.91. The first-order valence-electron chi connectivity index (χ1n) is 7.92. The average Bonchev–Trinajstić information content (AvgIpc) is 2.65. The van der Waals surface area contributed by atoms with Crippen molar-refractivity contribution in [2.75, 3.05) is 20.0 Å². The molecule has 2 N–H and O–H groups in total. The van der Waals surface area contributed by atoms with E-state index in [-0.39, 0.29) is 23.3 Å². The summed E-state index contributed by atoms with van der Waals surface area (Å²) in [6.07, 6.45) is 0. The molecule has 0 fully saturated rings. The summed E-state index contributed by atoms with van der Waals surface area (Å²) in [6, 6.07) is 11.7. The van der Waals surface area contributed by atoms with E-state index < -0.39 is 5.97 Å². The van der Waals surface area contributed by atoms with Gasteiger partial charge in [-0.05, 0) is 37.3 Å². The normalized spacial score (nSPS) is 11.5. The van der Waals surface area contributed by atoms with E-state index in [1.807, 2.05) is 13.0 Å². The molecule has 1 amide bonds. The number of carbonyl (C=O) groups is 2. The Morgan fingerprint density at radius 2 is 1.88 bits per heavy atom. The Labute approximate surface area is 156 Å². The molecule has 0 unspecified atom stereocenters. The molecule has 0 spiro atoms. The van der Waals surface area contributed by atoms with Gasteiger partial charge < -0.3 is 19.9 Å². The number of ether oxygens (including phenoxy) is 2. The number of rotatable bonds is 8. The number of hydrogen-bond acceptors (Lipinski definition) is 5. The van der Waals surface area contributed by atoms with Crippen molar-refractivity contribution in [1.29, 1.82) is 0 Å². The van der Waals surface area contributed by atoms with Crippen LogP contribution in [0.2, 0.25) is 0 Å². The summed E-state index contributed by atoms with van der Waals surface area (Å²) in [5.41, 5.74) is 0.990. The lowest BCUT2D eigenvalue weighted by atomic mass is 10.1. The van der Waals surface area contributed by atoms with Crippen molar-refractivity contribution in [3.8, 4) is 11.5 Å². The molecule has 0 saturated carbocycles. The van der Waals surface area contributed by atoms with E-state index in [4.69, 9.17) is 9.47 Å². The number of carboxylic acid groups (broad SMARTS) is 1. The molecule has 1 atom stereocenters.